The van der Waals surface area contributed by atoms with Gasteiger partial charge in [-0.1, -0.05) is 121 Å². The minimum atomic E-state index is -0.444. The van der Waals surface area contributed by atoms with Crippen molar-refractivity contribution in [3.05, 3.63) is 185 Å². The molecule has 1 nitrogen and oxygen atoms in total. The summed E-state index contributed by atoms with van der Waals surface area (Å²) in [6.07, 6.45) is 0. The first-order valence-electron chi connectivity index (χ1n) is 13.2. The van der Waals surface area contributed by atoms with E-state index in [4.69, 9.17) is 11.6 Å². The Hall–Kier alpha value is -4.59. The summed E-state index contributed by atoms with van der Waals surface area (Å²) in [5.41, 5.74) is 10.3. The third kappa shape index (κ3) is 3.78. The van der Waals surface area contributed by atoms with Gasteiger partial charge in [-0.3, -0.25) is 0 Å². The number of nitrogens with zero attached hydrogens (tertiary/aromatic N) is 1. The highest BCUT2D eigenvalue weighted by Gasteiger charge is 2.46. The van der Waals surface area contributed by atoms with E-state index in [0.29, 0.717) is 0 Å². The van der Waals surface area contributed by atoms with Gasteiger partial charge < -0.3 is 4.90 Å². The molecule has 0 amide bonds. The van der Waals surface area contributed by atoms with Crippen molar-refractivity contribution in [1.82, 2.24) is 0 Å². The summed E-state index contributed by atoms with van der Waals surface area (Å²) in [6, 6.07) is 56.0. The predicted octanol–water partition coefficient (Wildman–Crippen LogP) is 10.2. The Labute approximate surface area is 234 Å². The summed E-state index contributed by atoms with van der Waals surface area (Å²) in [6.45, 7) is 0. The maximum absolute atomic E-state index is 6.66. The lowest BCUT2D eigenvalue weighted by Gasteiger charge is -2.34. The molecule has 6 aromatic carbocycles. The summed E-state index contributed by atoms with van der Waals surface area (Å²) in [5.74, 6) is 0. The fraction of sp³-hybridized carbons (Fsp3) is 0.0270. The Kier molecular flexibility index (Phi) is 5.80. The lowest BCUT2D eigenvalue weighted by Crippen LogP contribution is -2.28. The van der Waals surface area contributed by atoms with Gasteiger partial charge in [0.2, 0.25) is 0 Å². The Morgan fingerprint density at radius 2 is 0.846 bits per heavy atom. The molecule has 186 valence electrons. The number of hydrogen-bond acceptors (Lipinski definition) is 1. The molecule has 0 fully saturated rings. The fourth-order valence-corrected chi connectivity index (χ4v) is 6.37. The van der Waals surface area contributed by atoms with E-state index >= 15 is 0 Å². The molecule has 1 aliphatic rings. The van der Waals surface area contributed by atoms with E-state index in [1.165, 1.54) is 33.4 Å². The Bertz CT molecular complexity index is 1670. The molecule has 0 saturated carbocycles. The lowest BCUT2D eigenvalue weighted by atomic mass is 9.68. The summed E-state index contributed by atoms with van der Waals surface area (Å²) < 4.78 is 0. The minimum absolute atomic E-state index is 0.444. The van der Waals surface area contributed by atoms with Gasteiger partial charge in [0.05, 0.1) is 5.41 Å². The molecule has 0 bridgehead atoms. The third-order valence-electron chi connectivity index (χ3n) is 7.78. The molecule has 39 heavy (non-hydrogen) atoms. The number of anilines is 3. The monoisotopic (exact) mass is 519 g/mol. The first-order chi connectivity index (χ1) is 19.3. The minimum Gasteiger partial charge on any atom is -0.310 e. The van der Waals surface area contributed by atoms with E-state index < -0.39 is 5.41 Å². The zero-order chi connectivity index (χ0) is 26.2. The van der Waals surface area contributed by atoms with Gasteiger partial charge in [0, 0.05) is 22.1 Å². The van der Waals surface area contributed by atoms with Crippen molar-refractivity contribution >= 4 is 28.7 Å². The molecular weight excluding hydrogens is 494 g/mol. The molecule has 0 N–H and O–H groups in total. The Balaban J connectivity index is 1.53. The molecule has 0 aliphatic heterocycles. The Morgan fingerprint density at radius 1 is 0.410 bits per heavy atom. The van der Waals surface area contributed by atoms with E-state index in [-0.39, 0.29) is 0 Å². The van der Waals surface area contributed by atoms with Crippen molar-refractivity contribution in [2.45, 2.75) is 5.41 Å². The van der Waals surface area contributed by atoms with Crippen LogP contribution in [0.3, 0.4) is 0 Å². The second-order valence-corrected chi connectivity index (χ2v) is 10.3. The molecule has 0 radical (unpaired) electrons. The molecule has 7 rings (SSSR count). The van der Waals surface area contributed by atoms with Gasteiger partial charge in [0.1, 0.15) is 0 Å². The summed E-state index contributed by atoms with van der Waals surface area (Å²) in [4.78, 5) is 2.32. The topological polar surface area (TPSA) is 3.24 Å². The van der Waals surface area contributed by atoms with Crippen molar-refractivity contribution in [2.75, 3.05) is 4.90 Å². The van der Waals surface area contributed by atoms with Crippen molar-refractivity contribution in [3.8, 4) is 11.1 Å². The van der Waals surface area contributed by atoms with Crippen LogP contribution in [0.25, 0.3) is 11.1 Å². The number of hydrogen-bond donors (Lipinski definition) is 0. The van der Waals surface area contributed by atoms with Crippen LogP contribution in [-0.2, 0) is 5.41 Å². The van der Waals surface area contributed by atoms with E-state index in [9.17, 15) is 0 Å². The van der Waals surface area contributed by atoms with Crippen LogP contribution in [0.15, 0.2) is 158 Å². The lowest BCUT2D eigenvalue weighted by molar-refractivity contribution is 0.768. The molecule has 1 aliphatic carbocycles. The van der Waals surface area contributed by atoms with Gasteiger partial charge in [-0.2, -0.15) is 0 Å². The van der Waals surface area contributed by atoms with Gasteiger partial charge in [-0.15, -0.1) is 0 Å². The van der Waals surface area contributed by atoms with Crippen LogP contribution in [0, 0.1) is 0 Å². The van der Waals surface area contributed by atoms with Gasteiger partial charge in [-0.05, 0) is 81.9 Å². The molecule has 0 spiro atoms. The quantitative estimate of drug-likeness (QED) is 0.218. The molecule has 0 saturated heterocycles. The van der Waals surface area contributed by atoms with Crippen molar-refractivity contribution < 1.29 is 0 Å². The molecular formula is C37H26ClN. The van der Waals surface area contributed by atoms with E-state index in [1.807, 2.05) is 6.07 Å². The highest BCUT2D eigenvalue weighted by atomic mass is 35.5. The van der Waals surface area contributed by atoms with Gasteiger partial charge >= 0.3 is 0 Å². The number of rotatable bonds is 5. The fourth-order valence-electron chi connectivity index (χ4n) is 6.20. The average Bonchev–Trinajstić information content (AvgIpc) is 3.29. The second-order valence-electron chi connectivity index (χ2n) is 9.91. The molecule has 6 aromatic rings. The first-order valence-corrected chi connectivity index (χ1v) is 13.6. The highest BCUT2D eigenvalue weighted by molar-refractivity contribution is 6.31. The third-order valence-corrected chi connectivity index (χ3v) is 8.02. The van der Waals surface area contributed by atoms with Crippen LogP contribution in [0.5, 0.6) is 0 Å². The van der Waals surface area contributed by atoms with E-state index in [2.05, 4.69) is 157 Å². The maximum atomic E-state index is 6.66. The van der Waals surface area contributed by atoms with Crippen molar-refractivity contribution in [2.24, 2.45) is 0 Å². The molecule has 0 atom stereocenters. The van der Waals surface area contributed by atoms with Crippen molar-refractivity contribution in [3.63, 3.8) is 0 Å². The van der Waals surface area contributed by atoms with Gasteiger partial charge in [-0.25, -0.2) is 0 Å². The standard InChI is InChI=1S/C37H26ClN/c38-29-21-23-35-33(25-29)34-26-32(39(30-17-9-3-10-18-30)31-19-11-4-12-20-31)22-24-36(34)37(35,27-13-5-1-6-14-27)28-15-7-2-8-16-28/h1-26H. The van der Waals surface area contributed by atoms with Gasteiger partial charge in [0.15, 0.2) is 0 Å². The van der Waals surface area contributed by atoms with Crippen LogP contribution in [0.4, 0.5) is 17.1 Å². The summed E-state index contributed by atoms with van der Waals surface area (Å²) >= 11 is 6.66. The first kappa shape index (κ1) is 23.5. The SMILES string of the molecule is Clc1ccc2c(c1)-c1cc(N(c3ccccc3)c3ccccc3)ccc1C2(c1ccccc1)c1ccccc1. The molecule has 0 unspecified atom stereocenters. The molecule has 2 heteroatoms. The van der Waals surface area contributed by atoms with Crippen LogP contribution < -0.4 is 4.90 Å². The summed E-state index contributed by atoms with van der Waals surface area (Å²) in [5, 5.41) is 0.741. The van der Waals surface area contributed by atoms with Gasteiger partial charge in [0.25, 0.3) is 0 Å². The van der Waals surface area contributed by atoms with Crippen LogP contribution >= 0.6 is 11.6 Å². The molecule has 0 heterocycles. The zero-order valence-electron chi connectivity index (χ0n) is 21.3. The zero-order valence-corrected chi connectivity index (χ0v) is 22.1. The smallest absolute Gasteiger partial charge is 0.0713 e. The normalized spacial score (nSPS) is 12.9. The number of halogens is 1. The number of fused-ring (bicyclic) bond motifs is 3. The van der Waals surface area contributed by atoms with E-state index in [0.717, 1.165) is 22.1 Å². The largest absolute Gasteiger partial charge is 0.310 e. The van der Waals surface area contributed by atoms with Crippen LogP contribution in [-0.4, -0.2) is 0 Å². The molecule has 0 aromatic heterocycles. The predicted molar refractivity (Wildman–Crippen MR) is 163 cm³/mol. The van der Waals surface area contributed by atoms with Crippen molar-refractivity contribution in [1.29, 1.82) is 0 Å². The van der Waals surface area contributed by atoms with E-state index in [1.54, 1.807) is 0 Å². The van der Waals surface area contributed by atoms with Crippen LogP contribution in [0.1, 0.15) is 22.3 Å². The number of para-hydroxylation sites is 2. The second kappa shape index (κ2) is 9.62. The Morgan fingerprint density at radius 3 is 1.36 bits per heavy atom. The van der Waals surface area contributed by atoms with Crippen LogP contribution in [0.2, 0.25) is 5.02 Å². The average molecular weight is 520 g/mol. The number of benzene rings is 6. The maximum Gasteiger partial charge on any atom is 0.0713 e. The summed E-state index contributed by atoms with van der Waals surface area (Å²) in [7, 11) is 0. The highest BCUT2D eigenvalue weighted by Crippen LogP contribution is 2.57.